The van der Waals surface area contributed by atoms with Crippen molar-refractivity contribution in [2.45, 2.75) is 101 Å². The summed E-state index contributed by atoms with van der Waals surface area (Å²) in [6, 6.07) is 17.2. The van der Waals surface area contributed by atoms with Crippen molar-refractivity contribution in [1.29, 1.82) is 0 Å². The normalized spacial score (nSPS) is 14.5. The van der Waals surface area contributed by atoms with Crippen molar-refractivity contribution < 1.29 is 28.8 Å². The van der Waals surface area contributed by atoms with Gasteiger partial charge in [0.1, 0.15) is 30.2 Å². The van der Waals surface area contributed by atoms with Gasteiger partial charge in [-0.1, -0.05) is 66.7 Å². The fourth-order valence-corrected chi connectivity index (χ4v) is 7.99. The maximum absolute atomic E-state index is 14.5. The number of benzene rings is 3. The lowest BCUT2D eigenvalue weighted by Gasteiger charge is -2.27. The van der Waals surface area contributed by atoms with Crippen LogP contribution >= 0.6 is 0 Å². The number of H-pyrrole nitrogens is 3. The van der Waals surface area contributed by atoms with Gasteiger partial charge in [-0.05, 0) is 68.5 Å². The highest BCUT2D eigenvalue weighted by Gasteiger charge is 2.33. The number of para-hydroxylation sites is 2. The number of fused-ring (bicyclic) bond motifs is 2. The number of aromatic amines is 3. The fourth-order valence-electron chi connectivity index (χ4n) is 7.99. The summed E-state index contributed by atoms with van der Waals surface area (Å²) < 4.78 is 0. The lowest BCUT2D eigenvalue weighted by atomic mass is 10.0. The first-order valence-electron chi connectivity index (χ1n) is 22.9. The maximum atomic E-state index is 14.5. The zero-order chi connectivity index (χ0) is 48.6. The second kappa shape index (κ2) is 24.4. The van der Waals surface area contributed by atoms with Crippen molar-refractivity contribution >= 4 is 57.2 Å². The Bertz CT molecular complexity index is 2610. The van der Waals surface area contributed by atoms with Crippen LogP contribution in [-0.2, 0) is 54.5 Å². The monoisotopic (exact) mass is 930 g/mol. The number of hydrogen-bond acceptors (Lipinski definition) is 10. The van der Waals surface area contributed by atoms with E-state index in [1.54, 1.807) is 49.8 Å². The average molecular weight is 930 g/mol. The van der Waals surface area contributed by atoms with E-state index in [1.807, 2.05) is 54.6 Å². The summed E-state index contributed by atoms with van der Waals surface area (Å²) in [6.45, 7) is 4.00. The smallest absolute Gasteiger partial charge is 0.243 e. The third-order valence-electron chi connectivity index (χ3n) is 11.7. The van der Waals surface area contributed by atoms with Gasteiger partial charge in [0.25, 0.3) is 0 Å². The van der Waals surface area contributed by atoms with Crippen molar-refractivity contribution in [3.8, 4) is 0 Å². The lowest BCUT2D eigenvalue weighted by Crippen LogP contribution is -2.60. The number of hydrogen-bond donors (Lipinski definition) is 12. The summed E-state index contributed by atoms with van der Waals surface area (Å²) in [5.74, 6) is -3.88. The van der Waals surface area contributed by atoms with Gasteiger partial charge in [-0.25, -0.2) is 4.98 Å². The van der Waals surface area contributed by atoms with Crippen LogP contribution in [0.25, 0.3) is 21.8 Å². The number of unbranched alkanes of at least 4 members (excludes halogenated alkanes) is 1. The summed E-state index contributed by atoms with van der Waals surface area (Å²) in [5.41, 5.74) is 21.9. The van der Waals surface area contributed by atoms with Gasteiger partial charge in [0.15, 0.2) is 0 Å². The van der Waals surface area contributed by atoms with Crippen LogP contribution in [0.1, 0.15) is 55.5 Å². The molecule has 0 bridgehead atoms. The van der Waals surface area contributed by atoms with Crippen LogP contribution in [0.5, 0.6) is 0 Å². The SMILES string of the molecule is C[C@H](N)CN[C@@H](Cc1cnc[nH]1)C(=O)N[C@H](Cc1c[nH]c2ccccc12)C(=O)N[C@@H](C)C(=O)N[C@@H](Cc1c[nH]c2ccccc12)C(=O)N[C@H](Cc1ccccc1)C(=O)N[C@@H](CCCCN)C(N)=O. The zero-order valence-corrected chi connectivity index (χ0v) is 38.3. The molecule has 0 aliphatic rings. The van der Waals surface area contributed by atoms with E-state index >= 15 is 0 Å². The van der Waals surface area contributed by atoms with Gasteiger partial charge in [0, 0.05) is 84.4 Å². The van der Waals surface area contributed by atoms with Gasteiger partial charge in [0.05, 0.1) is 12.4 Å². The summed E-state index contributed by atoms with van der Waals surface area (Å²) in [5, 5.41) is 18.9. The molecule has 3 aromatic heterocycles. The van der Waals surface area contributed by atoms with Crippen molar-refractivity contribution in [3.63, 3.8) is 0 Å². The van der Waals surface area contributed by atoms with Gasteiger partial charge < -0.3 is 64.1 Å². The van der Waals surface area contributed by atoms with Crippen LogP contribution in [0.2, 0.25) is 0 Å². The minimum Gasteiger partial charge on any atom is -0.368 e. The Hall–Kier alpha value is -7.35. The van der Waals surface area contributed by atoms with Crippen molar-refractivity contribution in [3.05, 3.63) is 126 Å². The quantitative estimate of drug-likeness (QED) is 0.0343. The molecule has 6 aromatic rings. The van der Waals surface area contributed by atoms with Crippen molar-refractivity contribution in [2.24, 2.45) is 17.2 Å². The molecule has 0 saturated carbocycles. The zero-order valence-electron chi connectivity index (χ0n) is 38.3. The molecule has 6 rings (SSSR count). The highest BCUT2D eigenvalue weighted by molar-refractivity contribution is 5.97. The number of amides is 6. The third kappa shape index (κ3) is 14.1. The number of carbonyl (C=O) groups excluding carboxylic acids is 6. The van der Waals surface area contributed by atoms with Gasteiger partial charge in [-0.15, -0.1) is 0 Å². The van der Waals surface area contributed by atoms with Gasteiger partial charge in [0.2, 0.25) is 35.4 Å². The van der Waals surface area contributed by atoms with Crippen LogP contribution in [0.4, 0.5) is 0 Å². The molecule has 7 atom stereocenters. The van der Waals surface area contributed by atoms with E-state index in [0.717, 1.165) is 32.9 Å². The molecule has 3 aromatic carbocycles. The molecule has 3 heterocycles. The Kier molecular flexibility index (Phi) is 18.0. The molecule has 19 heteroatoms. The van der Waals surface area contributed by atoms with Crippen LogP contribution in [0.15, 0.2) is 104 Å². The first-order valence-corrected chi connectivity index (χ1v) is 22.9. The Balaban J connectivity index is 1.24. The van der Waals surface area contributed by atoms with Gasteiger partial charge in [-0.2, -0.15) is 0 Å². The molecule has 68 heavy (non-hydrogen) atoms. The first-order chi connectivity index (χ1) is 32.8. The molecule has 19 nitrogen and oxygen atoms in total. The molecule has 15 N–H and O–H groups in total. The van der Waals surface area contributed by atoms with Crippen molar-refractivity contribution in [2.75, 3.05) is 13.1 Å². The van der Waals surface area contributed by atoms with E-state index in [1.165, 1.54) is 13.3 Å². The molecular weight excluding hydrogens is 867 g/mol. The topological polar surface area (TPSA) is 313 Å². The van der Waals surface area contributed by atoms with E-state index in [4.69, 9.17) is 17.2 Å². The molecule has 0 radical (unpaired) electrons. The Labute approximate surface area is 394 Å². The second-order valence-corrected chi connectivity index (χ2v) is 17.2. The number of imidazole rings is 1. The maximum Gasteiger partial charge on any atom is 0.243 e. The fraction of sp³-hybridized carbons (Fsp3) is 0.367. The van der Waals surface area contributed by atoms with E-state index in [9.17, 15) is 28.8 Å². The van der Waals surface area contributed by atoms with Gasteiger partial charge in [-0.3, -0.25) is 28.8 Å². The summed E-state index contributed by atoms with van der Waals surface area (Å²) in [7, 11) is 0. The number of nitrogens with two attached hydrogens (primary N) is 3. The summed E-state index contributed by atoms with van der Waals surface area (Å²) in [6.07, 6.45) is 8.42. The molecule has 0 aliphatic heterocycles. The number of carbonyl (C=O) groups is 6. The Morgan fingerprint density at radius 2 is 1.10 bits per heavy atom. The largest absolute Gasteiger partial charge is 0.368 e. The second-order valence-electron chi connectivity index (χ2n) is 17.2. The standard InChI is InChI=1S/C49H63N13O6/c1-29(51)24-54-40(23-34-27-53-28-57-34)46(65)62-42(21-32-25-55-37-16-8-6-14-35(32)37)47(66)58-30(2)45(64)60-43(22-33-26-56-38-17-9-7-15-36(33)38)49(68)61-41(20-31-12-4-3-5-13-31)48(67)59-39(44(52)63)18-10-11-19-50/h3-9,12-17,25-30,39-43,54-56H,10-11,18-24,50-51H2,1-2H3,(H2,52,63)(H,53,57)(H,58,66)(H,59,67)(H,60,64)(H,61,68)(H,62,65)/t29-,30-,39-,40-,41+,42+,43-/m0/s1. The minimum atomic E-state index is -1.26. The lowest BCUT2D eigenvalue weighted by molar-refractivity contribution is -0.135. The number of nitrogens with zero attached hydrogens (tertiary/aromatic N) is 1. The van der Waals surface area contributed by atoms with Crippen LogP contribution in [0, 0.1) is 0 Å². The number of primary amides is 1. The molecule has 0 aliphatic carbocycles. The Morgan fingerprint density at radius 1 is 0.588 bits per heavy atom. The summed E-state index contributed by atoms with van der Waals surface area (Å²) >= 11 is 0. The number of nitrogens with one attached hydrogen (secondary N) is 9. The van der Waals surface area contributed by atoms with Crippen LogP contribution in [0.3, 0.4) is 0 Å². The predicted octanol–water partition coefficient (Wildman–Crippen LogP) is 1.01. The van der Waals surface area contributed by atoms with E-state index in [2.05, 4.69) is 51.8 Å². The first kappa shape index (κ1) is 50.1. The predicted molar refractivity (Wildman–Crippen MR) is 259 cm³/mol. The molecule has 6 amide bonds. The molecular formula is C49H63N13O6. The highest BCUT2D eigenvalue weighted by atomic mass is 16.2. The molecule has 0 fully saturated rings. The minimum absolute atomic E-state index is 0.00366. The highest BCUT2D eigenvalue weighted by Crippen LogP contribution is 2.21. The number of rotatable bonds is 26. The molecule has 0 unspecified atom stereocenters. The molecule has 0 saturated heterocycles. The molecule has 0 spiro atoms. The molecule has 360 valence electrons. The van der Waals surface area contributed by atoms with Crippen molar-refractivity contribution in [1.82, 2.24) is 51.8 Å². The van der Waals surface area contributed by atoms with E-state index in [-0.39, 0.29) is 38.1 Å². The third-order valence-corrected chi connectivity index (χ3v) is 11.7. The summed E-state index contributed by atoms with van der Waals surface area (Å²) in [4.78, 5) is 97.1. The van der Waals surface area contributed by atoms with E-state index in [0.29, 0.717) is 37.2 Å². The van der Waals surface area contributed by atoms with Crippen LogP contribution < -0.4 is 49.1 Å². The van der Waals surface area contributed by atoms with Gasteiger partial charge >= 0.3 is 0 Å². The van der Waals surface area contributed by atoms with E-state index < -0.39 is 71.7 Å². The van der Waals surface area contributed by atoms with Crippen LogP contribution in [-0.4, -0.2) is 111 Å². The Morgan fingerprint density at radius 3 is 1.65 bits per heavy atom. The number of aromatic nitrogens is 4. The average Bonchev–Trinajstić information content (AvgIpc) is 4.10.